The van der Waals surface area contributed by atoms with E-state index >= 15 is 0 Å². The van der Waals surface area contributed by atoms with Crippen LogP contribution in [0.3, 0.4) is 0 Å². The van der Waals surface area contributed by atoms with Gasteiger partial charge in [0.05, 0.1) is 11.4 Å². The van der Waals surface area contributed by atoms with E-state index in [9.17, 15) is 4.39 Å². The molecule has 0 spiro atoms. The van der Waals surface area contributed by atoms with Crippen LogP contribution in [0, 0.1) is 16.6 Å². The molecule has 1 saturated heterocycles. The number of fused-ring (bicyclic) bond motifs is 3. The second-order valence-corrected chi connectivity index (χ2v) is 10.2. The summed E-state index contributed by atoms with van der Waals surface area (Å²) in [5.41, 5.74) is 11.4. The zero-order valence-corrected chi connectivity index (χ0v) is 17.5. The molecule has 152 valence electrons. The first-order valence-electron chi connectivity index (χ1n) is 10.5. The second-order valence-electron chi connectivity index (χ2n) is 10.2. The average molecular weight is 393 g/mol. The second kappa shape index (κ2) is 6.30. The Bertz CT molecular complexity index is 1070. The van der Waals surface area contributed by atoms with Crippen molar-refractivity contribution in [3.63, 3.8) is 0 Å². The van der Waals surface area contributed by atoms with E-state index < -0.39 is 0 Å². The molecule has 3 aromatic rings. The van der Waals surface area contributed by atoms with Crippen LogP contribution in [0.4, 0.5) is 10.1 Å². The Morgan fingerprint density at radius 3 is 2.62 bits per heavy atom. The van der Waals surface area contributed by atoms with Crippen LogP contribution in [0.2, 0.25) is 0 Å². The molecule has 2 atom stereocenters. The molecule has 2 bridgehead atoms. The minimum Gasteiger partial charge on any atom is -0.398 e. The molecule has 0 radical (unpaired) electrons. The van der Waals surface area contributed by atoms with Crippen molar-refractivity contribution in [1.82, 2.24) is 14.3 Å². The van der Waals surface area contributed by atoms with E-state index in [1.54, 1.807) is 0 Å². The van der Waals surface area contributed by atoms with Crippen LogP contribution >= 0.6 is 0 Å². The third-order valence-corrected chi connectivity index (χ3v) is 6.73. The number of rotatable bonds is 3. The molecule has 1 saturated carbocycles. The molecule has 2 fully saturated rings. The fourth-order valence-electron chi connectivity index (χ4n) is 6.05. The summed E-state index contributed by atoms with van der Waals surface area (Å²) in [5, 5.41) is 0. The Hall–Kier alpha value is -2.40. The minimum absolute atomic E-state index is 0.230. The maximum atomic E-state index is 13.5. The zero-order valence-electron chi connectivity index (χ0n) is 17.5. The van der Waals surface area contributed by atoms with E-state index in [0.29, 0.717) is 16.9 Å². The summed E-state index contributed by atoms with van der Waals surface area (Å²) >= 11 is 0. The highest BCUT2D eigenvalue weighted by molar-refractivity contribution is 5.67. The molecule has 4 nitrogen and oxygen atoms in total. The Kier molecular flexibility index (Phi) is 4.04. The molecule has 2 aliphatic rings. The van der Waals surface area contributed by atoms with E-state index in [0.717, 1.165) is 41.4 Å². The fourth-order valence-corrected chi connectivity index (χ4v) is 6.05. The third-order valence-electron chi connectivity index (χ3n) is 6.73. The summed E-state index contributed by atoms with van der Waals surface area (Å²) in [4.78, 5) is 7.52. The van der Waals surface area contributed by atoms with Crippen molar-refractivity contribution < 1.29 is 4.39 Å². The number of nitrogens with two attached hydrogens (primary N) is 1. The van der Waals surface area contributed by atoms with Crippen molar-refractivity contribution in [1.29, 1.82) is 0 Å². The summed E-state index contributed by atoms with van der Waals surface area (Å²) in [6, 6.07) is 11.1. The zero-order chi connectivity index (χ0) is 20.4. The Labute approximate surface area is 171 Å². The van der Waals surface area contributed by atoms with Crippen molar-refractivity contribution >= 4 is 11.3 Å². The number of nitrogen functional groups attached to an aromatic ring is 1. The Balaban J connectivity index is 1.58. The lowest BCUT2D eigenvalue weighted by molar-refractivity contribution is 0.126. The third kappa shape index (κ3) is 3.31. The van der Waals surface area contributed by atoms with E-state index in [1.807, 2.05) is 30.5 Å². The number of halogens is 1. The van der Waals surface area contributed by atoms with Crippen molar-refractivity contribution in [2.24, 2.45) is 10.8 Å². The number of anilines is 1. The molecule has 29 heavy (non-hydrogen) atoms. The number of pyridine rings is 1. The maximum absolute atomic E-state index is 13.5. The highest BCUT2D eigenvalue weighted by Crippen LogP contribution is 2.52. The largest absolute Gasteiger partial charge is 0.398 e. The summed E-state index contributed by atoms with van der Waals surface area (Å²) < 4.78 is 15.6. The van der Waals surface area contributed by atoms with Crippen LogP contribution in [0.1, 0.15) is 45.7 Å². The Morgan fingerprint density at radius 2 is 1.86 bits per heavy atom. The van der Waals surface area contributed by atoms with Gasteiger partial charge in [-0.25, -0.2) is 9.37 Å². The van der Waals surface area contributed by atoms with Gasteiger partial charge in [0.25, 0.3) is 0 Å². The van der Waals surface area contributed by atoms with E-state index in [1.165, 1.54) is 31.4 Å². The molecule has 2 N–H and O–H groups in total. The lowest BCUT2D eigenvalue weighted by atomic mass is 9.65. The van der Waals surface area contributed by atoms with Crippen molar-refractivity contribution in [3.8, 4) is 11.3 Å². The van der Waals surface area contributed by atoms with Gasteiger partial charge in [0.2, 0.25) is 0 Å². The number of aromatic nitrogens is 2. The monoisotopic (exact) mass is 392 g/mol. The molecule has 5 heteroatoms. The van der Waals surface area contributed by atoms with Gasteiger partial charge in [-0.3, -0.25) is 4.90 Å². The minimum atomic E-state index is -0.230. The molecule has 3 heterocycles. The molecular formula is C24H29FN4. The molecule has 0 amide bonds. The molecule has 1 aliphatic carbocycles. The van der Waals surface area contributed by atoms with Crippen LogP contribution in [0.5, 0.6) is 0 Å². The van der Waals surface area contributed by atoms with Crippen LogP contribution < -0.4 is 5.73 Å². The first kappa shape index (κ1) is 18.6. The van der Waals surface area contributed by atoms with Gasteiger partial charge in [0, 0.05) is 36.6 Å². The summed E-state index contributed by atoms with van der Waals surface area (Å²) in [7, 11) is 0. The number of benzene rings is 1. The van der Waals surface area contributed by atoms with Gasteiger partial charge >= 0.3 is 0 Å². The summed E-state index contributed by atoms with van der Waals surface area (Å²) in [6.45, 7) is 9.18. The molecule has 2 unspecified atom stereocenters. The van der Waals surface area contributed by atoms with E-state index in [2.05, 4.69) is 30.1 Å². The number of imidazole rings is 1. The van der Waals surface area contributed by atoms with Gasteiger partial charge in [-0.1, -0.05) is 20.8 Å². The first-order chi connectivity index (χ1) is 13.7. The van der Waals surface area contributed by atoms with Gasteiger partial charge in [-0.2, -0.15) is 0 Å². The average Bonchev–Trinajstić information content (AvgIpc) is 3.09. The predicted octanol–water partition coefficient (Wildman–Crippen LogP) is 5.12. The van der Waals surface area contributed by atoms with E-state index in [-0.39, 0.29) is 5.82 Å². The maximum Gasteiger partial charge on any atom is 0.137 e. The topological polar surface area (TPSA) is 46.6 Å². The van der Waals surface area contributed by atoms with Gasteiger partial charge in [-0.15, -0.1) is 0 Å². The molecule has 5 rings (SSSR count). The van der Waals surface area contributed by atoms with Gasteiger partial charge in [0.15, 0.2) is 0 Å². The normalized spacial score (nSPS) is 26.3. The van der Waals surface area contributed by atoms with Crippen molar-refractivity contribution in [2.45, 2.75) is 52.6 Å². The Morgan fingerprint density at radius 1 is 1.10 bits per heavy atom. The SMILES string of the molecule is CC1(C)CC2CC(C)(CN2Cc2c(-c3ccc(F)cc3)nc3ccc(N)cn23)C1. The molecule has 1 aromatic carbocycles. The summed E-state index contributed by atoms with van der Waals surface area (Å²) in [5.74, 6) is -0.230. The van der Waals surface area contributed by atoms with Crippen molar-refractivity contribution in [2.75, 3.05) is 12.3 Å². The van der Waals surface area contributed by atoms with Crippen LogP contribution in [-0.4, -0.2) is 26.9 Å². The smallest absolute Gasteiger partial charge is 0.137 e. The number of nitrogens with zero attached hydrogens (tertiary/aromatic N) is 3. The number of likely N-dealkylation sites (tertiary alicyclic amines) is 1. The van der Waals surface area contributed by atoms with Gasteiger partial charge < -0.3 is 10.1 Å². The number of hydrogen-bond donors (Lipinski definition) is 1. The first-order valence-corrected chi connectivity index (χ1v) is 10.5. The molecule has 2 aromatic heterocycles. The van der Waals surface area contributed by atoms with Crippen LogP contribution in [-0.2, 0) is 6.54 Å². The van der Waals surface area contributed by atoms with Gasteiger partial charge in [0.1, 0.15) is 11.5 Å². The van der Waals surface area contributed by atoms with Crippen LogP contribution in [0.25, 0.3) is 16.9 Å². The molecule has 1 aliphatic heterocycles. The summed E-state index contributed by atoms with van der Waals surface area (Å²) in [6.07, 6.45) is 5.73. The number of hydrogen-bond acceptors (Lipinski definition) is 3. The van der Waals surface area contributed by atoms with Gasteiger partial charge in [-0.05, 0) is 66.5 Å². The lowest BCUT2D eigenvalue weighted by Gasteiger charge is -2.40. The van der Waals surface area contributed by atoms with Crippen molar-refractivity contribution in [3.05, 3.63) is 54.1 Å². The van der Waals surface area contributed by atoms with Crippen LogP contribution in [0.15, 0.2) is 42.6 Å². The lowest BCUT2D eigenvalue weighted by Crippen LogP contribution is -2.34. The predicted molar refractivity (Wildman–Crippen MR) is 115 cm³/mol. The quantitative estimate of drug-likeness (QED) is 0.673. The molecular weight excluding hydrogens is 363 g/mol. The highest BCUT2D eigenvalue weighted by atomic mass is 19.1. The van der Waals surface area contributed by atoms with E-state index in [4.69, 9.17) is 10.7 Å². The standard InChI is InChI=1S/C24H29FN4/c1-23(2)10-19-11-24(3,14-23)15-28(19)13-20-22(16-4-6-17(25)7-5-16)27-21-9-8-18(26)12-29(20)21/h4-9,12,19H,10-11,13-15,26H2,1-3H3. The highest BCUT2D eigenvalue weighted by Gasteiger charge is 2.49. The fraction of sp³-hybridized carbons (Fsp3) is 0.458.